The summed E-state index contributed by atoms with van der Waals surface area (Å²) >= 11 is 0. The van der Waals surface area contributed by atoms with Crippen molar-refractivity contribution >= 4 is 11.9 Å². The SMILES string of the molecule is CC(C)N1CCC(N(CC(=O)O)CC(=O)O)CC1. The molecule has 0 aliphatic carbocycles. The van der Waals surface area contributed by atoms with Crippen molar-refractivity contribution in [3.05, 3.63) is 0 Å². The van der Waals surface area contributed by atoms with Crippen LogP contribution in [0.2, 0.25) is 0 Å². The molecule has 0 spiro atoms. The lowest BCUT2D eigenvalue weighted by Gasteiger charge is -2.38. The predicted octanol–water partition coefficient (Wildman–Crippen LogP) is 0.330. The van der Waals surface area contributed by atoms with Gasteiger partial charge in [0.15, 0.2) is 0 Å². The van der Waals surface area contributed by atoms with Crippen LogP contribution < -0.4 is 0 Å². The number of nitrogens with zero attached hydrogens (tertiary/aromatic N) is 2. The molecule has 0 unspecified atom stereocenters. The summed E-state index contributed by atoms with van der Waals surface area (Å²) in [5.74, 6) is -1.94. The summed E-state index contributed by atoms with van der Waals surface area (Å²) < 4.78 is 0. The summed E-state index contributed by atoms with van der Waals surface area (Å²) in [4.78, 5) is 25.4. The first-order chi connectivity index (χ1) is 8.40. The monoisotopic (exact) mass is 258 g/mol. The molecule has 0 aromatic carbocycles. The van der Waals surface area contributed by atoms with Gasteiger partial charge in [-0.1, -0.05) is 0 Å². The Morgan fingerprint density at radius 1 is 1.17 bits per heavy atom. The first kappa shape index (κ1) is 14.9. The molecule has 0 bridgehead atoms. The smallest absolute Gasteiger partial charge is 0.317 e. The van der Waals surface area contributed by atoms with Gasteiger partial charge >= 0.3 is 11.9 Å². The molecule has 0 saturated carbocycles. The Hall–Kier alpha value is -1.14. The van der Waals surface area contributed by atoms with Crippen molar-refractivity contribution in [1.29, 1.82) is 0 Å². The van der Waals surface area contributed by atoms with Gasteiger partial charge < -0.3 is 15.1 Å². The van der Waals surface area contributed by atoms with Gasteiger partial charge in [-0.25, -0.2) is 0 Å². The molecule has 1 heterocycles. The van der Waals surface area contributed by atoms with Gasteiger partial charge in [0.25, 0.3) is 0 Å². The van der Waals surface area contributed by atoms with Crippen molar-refractivity contribution in [1.82, 2.24) is 9.80 Å². The average Bonchev–Trinajstić information content (AvgIpc) is 2.27. The first-order valence-electron chi connectivity index (χ1n) is 6.32. The van der Waals surface area contributed by atoms with Crippen LogP contribution in [0.5, 0.6) is 0 Å². The molecule has 1 aliphatic rings. The number of hydrogen-bond acceptors (Lipinski definition) is 4. The Bertz CT molecular complexity index is 282. The standard InChI is InChI=1S/C12H22N2O4/c1-9(2)13-5-3-10(4-6-13)14(7-11(15)16)8-12(17)18/h9-10H,3-8H2,1-2H3,(H,15,16)(H,17,18). The number of carboxylic acid groups (broad SMARTS) is 2. The lowest BCUT2D eigenvalue weighted by atomic mass is 10.0. The minimum absolute atomic E-state index is 0.0622. The number of carbonyl (C=O) groups is 2. The maximum atomic E-state index is 10.8. The second-order valence-corrected chi connectivity index (χ2v) is 5.05. The van der Waals surface area contributed by atoms with Crippen molar-refractivity contribution in [2.75, 3.05) is 26.2 Å². The van der Waals surface area contributed by atoms with Crippen LogP contribution in [0.4, 0.5) is 0 Å². The van der Waals surface area contributed by atoms with Crippen LogP contribution >= 0.6 is 0 Å². The molecule has 0 atom stereocenters. The molecule has 0 amide bonds. The van der Waals surface area contributed by atoms with Gasteiger partial charge in [0.1, 0.15) is 0 Å². The van der Waals surface area contributed by atoms with E-state index >= 15 is 0 Å². The Morgan fingerprint density at radius 2 is 1.61 bits per heavy atom. The van der Waals surface area contributed by atoms with E-state index in [0.717, 1.165) is 25.9 Å². The molecule has 2 N–H and O–H groups in total. The molecule has 1 aliphatic heterocycles. The number of aliphatic carboxylic acids is 2. The molecule has 0 aromatic rings. The van der Waals surface area contributed by atoms with Crippen molar-refractivity contribution < 1.29 is 19.8 Å². The summed E-state index contributed by atoms with van der Waals surface area (Å²) in [6, 6.07) is 0.547. The van der Waals surface area contributed by atoms with Crippen LogP contribution in [0.25, 0.3) is 0 Å². The molecule has 18 heavy (non-hydrogen) atoms. The van der Waals surface area contributed by atoms with Gasteiger partial charge in [-0.3, -0.25) is 14.5 Å². The zero-order valence-corrected chi connectivity index (χ0v) is 11.0. The maximum Gasteiger partial charge on any atom is 0.317 e. The predicted molar refractivity (Wildman–Crippen MR) is 66.6 cm³/mol. The third-order valence-corrected chi connectivity index (χ3v) is 3.42. The van der Waals surface area contributed by atoms with E-state index in [-0.39, 0.29) is 19.1 Å². The van der Waals surface area contributed by atoms with Crippen LogP contribution in [0.3, 0.4) is 0 Å². The quantitative estimate of drug-likeness (QED) is 0.714. The number of likely N-dealkylation sites (tertiary alicyclic amines) is 1. The van der Waals surface area contributed by atoms with E-state index in [1.165, 1.54) is 0 Å². The second kappa shape index (κ2) is 6.70. The highest BCUT2D eigenvalue weighted by Gasteiger charge is 2.27. The maximum absolute atomic E-state index is 10.8. The Balaban J connectivity index is 2.54. The Labute approximate surface area is 107 Å². The van der Waals surface area contributed by atoms with Gasteiger partial charge in [-0.2, -0.15) is 0 Å². The molecule has 0 radical (unpaired) electrons. The number of hydrogen-bond donors (Lipinski definition) is 2. The van der Waals surface area contributed by atoms with E-state index in [9.17, 15) is 9.59 Å². The minimum Gasteiger partial charge on any atom is -0.480 e. The third-order valence-electron chi connectivity index (χ3n) is 3.42. The summed E-state index contributed by atoms with van der Waals surface area (Å²) in [5.41, 5.74) is 0. The Kier molecular flexibility index (Phi) is 5.55. The van der Waals surface area contributed by atoms with E-state index in [1.54, 1.807) is 4.90 Å². The van der Waals surface area contributed by atoms with E-state index in [0.29, 0.717) is 6.04 Å². The largest absolute Gasteiger partial charge is 0.480 e. The van der Waals surface area contributed by atoms with Gasteiger partial charge in [0, 0.05) is 12.1 Å². The van der Waals surface area contributed by atoms with Crippen LogP contribution in [0.1, 0.15) is 26.7 Å². The molecule has 0 aromatic heterocycles. The fourth-order valence-electron chi connectivity index (χ4n) is 2.43. The molecule has 104 valence electrons. The van der Waals surface area contributed by atoms with Crippen LogP contribution in [0, 0.1) is 0 Å². The Morgan fingerprint density at radius 3 is 1.94 bits per heavy atom. The van der Waals surface area contributed by atoms with Gasteiger partial charge in [-0.15, -0.1) is 0 Å². The lowest BCUT2D eigenvalue weighted by molar-refractivity contribution is -0.143. The molecule has 1 saturated heterocycles. The highest BCUT2D eigenvalue weighted by Crippen LogP contribution is 2.18. The lowest BCUT2D eigenvalue weighted by Crippen LogP contribution is -2.49. The fraction of sp³-hybridized carbons (Fsp3) is 0.833. The third kappa shape index (κ3) is 4.62. The zero-order valence-electron chi connectivity index (χ0n) is 11.0. The summed E-state index contributed by atoms with van der Waals surface area (Å²) in [5, 5.41) is 17.6. The van der Waals surface area contributed by atoms with E-state index in [4.69, 9.17) is 10.2 Å². The zero-order chi connectivity index (χ0) is 13.7. The van der Waals surface area contributed by atoms with Crippen LogP contribution in [-0.4, -0.2) is 70.2 Å². The minimum atomic E-state index is -0.970. The normalized spacial score (nSPS) is 18.4. The second-order valence-electron chi connectivity index (χ2n) is 5.05. The summed E-state index contributed by atoms with van der Waals surface area (Å²) in [6.07, 6.45) is 1.66. The summed E-state index contributed by atoms with van der Waals surface area (Å²) in [6.45, 7) is 5.67. The van der Waals surface area contributed by atoms with Crippen molar-refractivity contribution in [3.8, 4) is 0 Å². The molecule has 6 heteroatoms. The average molecular weight is 258 g/mol. The molecule has 1 fully saturated rings. The van der Waals surface area contributed by atoms with E-state index in [1.807, 2.05) is 0 Å². The molecular weight excluding hydrogens is 236 g/mol. The van der Waals surface area contributed by atoms with Gasteiger partial charge in [0.2, 0.25) is 0 Å². The van der Waals surface area contributed by atoms with E-state index in [2.05, 4.69) is 18.7 Å². The fourth-order valence-corrected chi connectivity index (χ4v) is 2.43. The molecular formula is C12H22N2O4. The van der Waals surface area contributed by atoms with Gasteiger partial charge in [0.05, 0.1) is 13.1 Å². The highest BCUT2D eigenvalue weighted by atomic mass is 16.4. The first-order valence-corrected chi connectivity index (χ1v) is 6.32. The topological polar surface area (TPSA) is 81.1 Å². The highest BCUT2D eigenvalue weighted by molar-refractivity contribution is 5.72. The molecule has 1 rings (SSSR count). The van der Waals surface area contributed by atoms with Crippen molar-refractivity contribution in [3.63, 3.8) is 0 Å². The molecule has 6 nitrogen and oxygen atoms in total. The summed E-state index contributed by atoms with van der Waals surface area (Å²) in [7, 11) is 0. The van der Waals surface area contributed by atoms with Gasteiger partial charge in [-0.05, 0) is 39.8 Å². The van der Waals surface area contributed by atoms with Crippen LogP contribution in [-0.2, 0) is 9.59 Å². The number of carboxylic acids is 2. The number of rotatable bonds is 6. The van der Waals surface area contributed by atoms with E-state index < -0.39 is 11.9 Å². The number of piperidine rings is 1. The van der Waals surface area contributed by atoms with Crippen molar-refractivity contribution in [2.45, 2.75) is 38.8 Å². The van der Waals surface area contributed by atoms with Crippen LogP contribution in [0.15, 0.2) is 0 Å². The van der Waals surface area contributed by atoms with Crippen molar-refractivity contribution in [2.24, 2.45) is 0 Å².